The first-order chi connectivity index (χ1) is 22.0. The van der Waals surface area contributed by atoms with Crippen molar-refractivity contribution in [3.8, 4) is 16.9 Å². The second-order valence-corrected chi connectivity index (χ2v) is 12.6. The molecule has 0 saturated heterocycles. The fraction of sp³-hybridized carbons (Fsp3) is 0.229. The molecule has 230 valence electrons. The molecule has 2 aromatic heterocycles. The van der Waals surface area contributed by atoms with Crippen LogP contribution in [0.5, 0.6) is 5.75 Å². The Morgan fingerprint density at radius 3 is 2.64 bits per heavy atom. The lowest BCUT2D eigenvalue weighted by atomic mass is 10.0. The minimum Gasteiger partial charge on any atom is -0.487 e. The van der Waals surface area contributed by atoms with E-state index < -0.39 is 12.6 Å². The van der Waals surface area contributed by atoms with Crippen molar-refractivity contribution in [1.82, 2.24) is 9.55 Å². The molecule has 0 fully saturated rings. The zero-order valence-electron chi connectivity index (χ0n) is 24.7. The summed E-state index contributed by atoms with van der Waals surface area (Å²) in [6.45, 7) is 3.28. The molecule has 3 heterocycles. The van der Waals surface area contributed by atoms with Gasteiger partial charge >= 0.3 is 5.97 Å². The maximum Gasteiger partial charge on any atom is 0.344 e. The number of ether oxygens (including phenoxy) is 2. The van der Waals surface area contributed by atoms with Gasteiger partial charge in [0.2, 0.25) is 6.61 Å². The maximum absolute atomic E-state index is 10.6. The molecule has 1 atom stereocenters. The van der Waals surface area contributed by atoms with Crippen molar-refractivity contribution in [1.29, 1.82) is 0 Å². The summed E-state index contributed by atoms with van der Waals surface area (Å²) in [5, 5.41) is 14.6. The Bertz CT molecular complexity index is 1810. The van der Waals surface area contributed by atoms with Gasteiger partial charge in [-0.2, -0.15) is 0 Å². The number of halogens is 1. The lowest BCUT2D eigenvalue weighted by Crippen LogP contribution is -2.10. The summed E-state index contributed by atoms with van der Waals surface area (Å²) < 4.78 is 14.7. The van der Waals surface area contributed by atoms with Gasteiger partial charge in [0.15, 0.2) is 0 Å². The van der Waals surface area contributed by atoms with Crippen molar-refractivity contribution in [2.24, 2.45) is 5.16 Å². The van der Waals surface area contributed by atoms with Crippen LogP contribution in [-0.2, 0) is 40.5 Å². The normalized spacial score (nSPS) is 14.2. The average Bonchev–Trinajstić information content (AvgIpc) is 3.34. The molecule has 1 unspecified atom stereocenters. The number of hydrogen-bond donors (Lipinski definition) is 1. The van der Waals surface area contributed by atoms with Crippen LogP contribution >= 0.6 is 23.4 Å². The second-order valence-electron chi connectivity index (χ2n) is 10.7. The highest BCUT2D eigenvalue weighted by atomic mass is 35.5. The SMILES string of the molecule is CC1Cc2c(OCc3ccc(-c4ccccc4)cn3)ccc3c2c(c(COCC=NOCC(=O)O)n3Cc2ccc(Cl)cc2)S1. The molecule has 0 bridgehead atoms. The number of thioether (sulfide) groups is 1. The van der Waals surface area contributed by atoms with Crippen LogP contribution in [0.25, 0.3) is 22.0 Å². The van der Waals surface area contributed by atoms with Crippen LogP contribution in [0.1, 0.15) is 29.4 Å². The van der Waals surface area contributed by atoms with E-state index in [4.69, 9.17) is 31.0 Å². The van der Waals surface area contributed by atoms with Gasteiger partial charge in [-0.1, -0.05) is 72.2 Å². The topological polar surface area (TPSA) is 95.2 Å². The quantitative estimate of drug-likeness (QED) is 0.0802. The summed E-state index contributed by atoms with van der Waals surface area (Å²) in [7, 11) is 0. The van der Waals surface area contributed by atoms with Gasteiger partial charge in [0.05, 0.1) is 36.3 Å². The van der Waals surface area contributed by atoms with E-state index in [2.05, 4.69) is 52.0 Å². The Hall–Kier alpha value is -4.31. The van der Waals surface area contributed by atoms with Crippen LogP contribution in [0.4, 0.5) is 0 Å². The molecule has 10 heteroatoms. The number of carbonyl (C=O) groups is 1. The van der Waals surface area contributed by atoms with Crippen molar-refractivity contribution in [3.05, 3.63) is 113 Å². The van der Waals surface area contributed by atoms with E-state index in [1.807, 2.05) is 66.5 Å². The average molecular weight is 642 g/mol. The summed E-state index contributed by atoms with van der Waals surface area (Å²) in [6.07, 6.45) is 4.20. The lowest BCUT2D eigenvalue weighted by molar-refractivity contribution is -0.142. The number of hydrogen-bond acceptors (Lipinski definition) is 7. The van der Waals surface area contributed by atoms with Crippen LogP contribution in [0, 0.1) is 0 Å². The van der Waals surface area contributed by atoms with Crippen LogP contribution in [0.3, 0.4) is 0 Å². The maximum atomic E-state index is 10.6. The summed E-state index contributed by atoms with van der Waals surface area (Å²) in [5.41, 5.74) is 7.56. The van der Waals surface area contributed by atoms with Crippen molar-refractivity contribution >= 4 is 46.4 Å². The highest BCUT2D eigenvalue weighted by molar-refractivity contribution is 8.00. The monoisotopic (exact) mass is 641 g/mol. The van der Waals surface area contributed by atoms with E-state index in [1.165, 1.54) is 22.1 Å². The van der Waals surface area contributed by atoms with Crippen LogP contribution in [0.2, 0.25) is 5.02 Å². The third-order valence-corrected chi connectivity index (χ3v) is 8.99. The van der Waals surface area contributed by atoms with Gasteiger partial charge in [0.1, 0.15) is 12.4 Å². The molecule has 0 saturated carbocycles. The number of benzene rings is 3. The number of rotatable bonds is 13. The van der Waals surface area contributed by atoms with Crippen molar-refractivity contribution in [3.63, 3.8) is 0 Å². The molecule has 1 aliphatic heterocycles. The Balaban J connectivity index is 1.28. The fourth-order valence-electron chi connectivity index (χ4n) is 5.45. The van der Waals surface area contributed by atoms with Crippen molar-refractivity contribution in [2.45, 2.75) is 43.2 Å². The van der Waals surface area contributed by atoms with E-state index in [9.17, 15) is 4.79 Å². The number of carboxylic acids is 1. The molecule has 45 heavy (non-hydrogen) atoms. The number of aliphatic carboxylic acids is 1. The zero-order valence-corrected chi connectivity index (χ0v) is 26.3. The number of pyridine rings is 1. The summed E-state index contributed by atoms with van der Waals surface area (Å²) in [5.74, 6) is -0.218. The first-order valence-electron chi connectivity index (χ1n) is 14.6. The lowest BCUT2D eigenvalue weighted by Gasteiger charge is -2.22. The zero-order chi connectivity index (χ0) is 31.2. The van der Waals surface area contributed by atoms with Gasteiger partial charge in [-0.25, -0.2) is 4.79 Å². The van der Waals surface area contributed by atoms with Crippen molar-refractivity contribution < 1.29 is 24.2 Å². The molecular formula is C35H32ClN3O5S. The van der Waals surface area contributed by atoms with E-state index in [-0.39, 0.29) is 6.61 Å². The Labute approximate surface area is 270 Å². The standard InChI is InChI=1S/C35H32ClN3O5S/c1-23-17-29-32(43-20-28-12-9-26(18-37-28)25-5-3-2-4-6-25)14-13-30-34(29)35(45-23)31(21-42-16-15-38-44-22-33(40)41)39(30)19-24-7-10-27(36)11-8-24/h2-15,18,23H,16-17,19-22H2,1H3,(H,40,41). The molecule has 0 aliphatic carbocycles. The number of oxime groups is 1. The third-order valence-electron chi connectivity index (χ3n) is 7.49. The Morgan fingerprint density at radius 1 is 1.07 bits per heavy atom. The van der Waals surface area contributed by atoms with Crippen LogP contribution < -0.4 is 4.74 Å². The molecule has 8 nitrogen and oxygen atoms in total. The Kier molecular flexibility index (Phi) is 9.69. The molecule has 1 aliphatic rings. The predicted octanol–water partition coefficient (Wildman–Crippen LogP) is 7.62. The molecule has 3 aromatic carbocycles. The van der Waals surface area contributed by atoms with E-state index in [0.29, 0.717) is 30.0 Å². The fourth-order valence-corrected chi connectivity index (χ4v) is 6.87. The van der Waals surface area contributed by atoms with Crippen LogP contribution in [0.15, 0.2) is 95.1 Å². The minimum atomic E-state index is -1.08. The minimum absolute atomic E-state index is 0.180. The molecular weight excluding hydrogens is 610 g/mol. The van der Waals surface area contributed by atoms with E-state index in [0.717, 1.165) is 45.8 Å². The second kappa shape index (κ2) is 14.2. The summed E-state index contributed by atoms with van der Waals surface area (Å²) >= 11 is 8.02. The first kappa shape index (κ1) is 30.7. The Morgan fingerprint density at radius 2 is 1.89 bits per heavy atom. The molecule has 0 amide bonds. The van der Waals surface area contributed by atoms with Gasteiger partial charge in [-0.3, -0.25) is 4.98 Å². The number of aromatic nitrogens is 2. The molecule has 0 radical (unpaired) electrons. The largest absolute Gasteiger partial charge is 0.487 e. The smallest absolute Gasteiger partial charge is 0.344 e. The summed E-state index contributed by atoms with van der Waals surface area (Å²) in [4.78, 5) is 21.2. The first-order valence-corrected chi connectivity index (χ1v) is 15.9. The van der Waals surface area contributed by atoms with E-state index in [1.54, 1.807) is 0 Å². The van der Waals surface area contributed by atoms with Gasteiger partial charge in [-0.05, 0) is 47.9 Å². The predicted molar refractivity (Wildman–Crippen MR) is 177 cm³/mol. The molecule has 6 rings (SSSR count). The van der Waals surface area contributed by atoms with Gasteiger partial charge < -0.3 is 24.0 Å². The van der Waals surface area contributed by atoms with Gasteiger partial charge in [-0.15, -0.1) is 11.8 Å². The van der Waals surface area contributed by atoms with E-state index >= 15 is 0 Å². The third kappa shape index (κ3) is 7.33. The van der Waals surface area contributed by atoms with Gasteiger partial charge in [0.25, 0.3) is 0 Å². The van der Waals surface area contributed by atoms with Gasteiger partial charge in [0, 0.05) is 44.4 Å². The van der Waals surface area contributed by atoms with Crippen LogP contribution in [-0.4, -0.2) is 45.3 Å². The van der Waals surface area contributed by atoms with Crippen molar-refractivity contribution in [2.75, 3.05) is 13.2 Å². The molecule has 0 spiro atoms. The highest BCUT2D eigenvalue weighted by Crippen LogP contribution is 2.47. The molecule has 1 N–H and O–H groups in total. The number of carboxylic acid groups (broad SMARTS) is 1. The highest BCUT2D eigenvalue weighted by Gasteiger charge is 2.29. The number of nitrogens with zero attached hydrogens (tertiary/aromatic N) is 3. The summed E-state index contributed by atoms with van der Waals surface area (Å²) in [6, 6.07) is 26.4. The molecule has 5 aromatic rings.